The van der Waals surface area contributed by atoms with E-state index < -0.39 is 15.8 Å². The van der Waals surface area contributed by atoms with Crippen molar-refractivity contribution in [3.8, 4) is 0 Å². The molecule has 0 saturated heterocycles. The summed E-state index contributed by atoms with van der Waals surface area (Å²) in [7, 11) is -3.83. The lowest BCUT2D eigenvalue weighted by Crippen LogP contribution is -2.35. The highest BCUT2D eigenvalue weighted by Gasteiger charge is 2.36. The van der Waals surface area contributed by atoms with E-state index >= 15 is 0 Å². The Labute approximate surface area is 177 Å². The van der Waals surface area contributed by atoms with Crippen LogP contribution in [0.15, 0.2) is 47.4 Å². The predicted octanol–water partition coefficient (Wildman–Crippen LogP) is 3.51. The third kappa shape index (κ3) is 4.82. The molecule has 30 heavy (non-hydrogen) atoms. The predicted molar refractivity (Wildman–Crippen MR) is 114 cm³/mol. The summed E-state index contributed by atoms with van der Waals surface area (Å²) in [6, 6.07) is 9.52. The van der Waals surface area contributed by atoms with Gasteiger partial charge in [0.15, 0.2) is 0 Å². The smallest absolute Gasteiger partial charge is 0.264 e. The van der Waals surface area contributed by atoms with Crippen molar-refractivity contribution in [1.29, 1.82) is 0 Å². The number of nitrogens with one attached hydrogen (secondary N) is 1. The fourth-order valence-corrected chi connectivity index (χ4v) is 5.22. The Kier molecular flexibility index (Phi) is 6.77. The van der Waals surface area contributed by atoms with Crippen LogP contribution < -0.4 is 9.62 Å². The van der Waals surface area contributed by atoms with E-state index in [9.17, 15) is 17.6 Å². The number of hydrogen-bond acceptors (Lipinski definition) is 4. The second kappa shape index (κ2) is 9.14. The monoisotopic (exact) mass is 434 g/mol. The molecule has 8 heteroatoms. The summed E-state index contributed by atoms with van der Waals surface area (Å²) in [6.45, 7) is 6.82. The summed E-state index contributed by atoms with van der Waals surface area (Å²) in [6.07, 6.45) is 1.38. The van der Waals surface area contributed by atoms with Gasteiger partial charge < -0.3 is 10.1 Å². The van der Waals surface area contributed by atoms with Crippen LogP contribution in [0.4, 0.5) is 10.1 Å². The molecule has 6 nitrogen and oxygen atoms in total. The average molecular weight is 435 g/mol. The van der Waals surface area contributed by atoms with Crippen molar-refractivity contribution in [3.63, 3.8) is 0 Å². The first kappa shape index (κ1) is 22.2. The lowest BCUT2D eigenvalue weighted by molar-refractivity contribution is 0.0757. The van der Waals surface area contributed by atoms with Crippen molar-refractivity contribution in [2.45, 2.75) is 50.7 Å². The van der Waals surface area contributed by atoms with Crippen molar-refractivity contribution >= 4 is 21.6 Å². The van der Waals surface area contributed by atoms with Gasteiger partial charge in [0.25, 0.3) is 15.9 Å². The number of sulfonamides is 1. The highest BCUT2D eigenvalue weighted by molar-refractivity contribution is 7.92. The minimum absolute atomic E-state index is 0.0361. The van der Waals surface area contributed by atoms with Crippen LogP contribution in [-0.4, -0.2) is 39.6 Å². The molecule has 2 aromatic carbocycles. The topological polar surface area (TPSA) is 75.7 Å². The molecule has 1 aliphatic heterocycles. The minimum atomic E-state index is -3.83. The van der Waals surface area contributed by atoms with E-state index in [2.05, 4.69) is 5.32 Å². The number of carbonyl (C=O) groups excluding carboxylic acids is 1. The average Bonchev–Trinajstić information content (AvgIpc) is 3.03. The van der Waals surface area contributed by atoms with Gasteiger partial charge in [-0.25, -0.2) is 12.8 Å². The molecular weight excluding hydrogens is 407 g/mol. The van der Waals surface area contributed by atoms with Crippen LogP contribution in [0.25, 0.3) is 0 Å². The van der Waals surface area contributed by atoms with Crippen molar-refractivity contribution in [1.82, 2.24) is 5.32 Å². The standard InChI is InChI=1S/C22H27FN2O4S/c1-15(2)29-12-4-11-24-22(26)17-5-10-21-18(14-17)13-16(3)25(21)30(27,28)20-8-6-19(23)7-9-20/h5-10,14-16H,4,11-13H2,1-3H3,(H,24,26)/t16-/m0/s1. The third-order valence-electron chi connectivity index (χ3n) is 4.92. The fraction of sp³-hybridized carbons (Fsp3) is 0.409. The van der Waals surface area contributed by atoms with Gasteiger partial charge in [-0.3, -0.25) is 9.10 Å². The maximum Gasteiger partial charge on any atom is 0.264 e. The molecule has 3 rings (SSSR count). The second-order valence-corrected chi connectivity index (χ2v) is 9.50. The van der Waals surface area contributed by atoms with Gasteiger partial charge in [0, 0.05) is 24.8 Å². The quantitative estimate of drug-likeness (QED) is 0.645. The number of benzene rings is 2. The van der Waals surface area contributed by atoms with Gasteiger partial charge in [0.05, 0.1) is 16.7 Å². The number of hydrogen-bond donors (Lipinski definition) is 1. The first-order valence-corrected chi connectivity index (χ1v) is 11.5. The summed E-state index contributed by atoms with van der Waals surface area (Å²) in [4.78, 5) is 12.5. The second-order valence-electron chi connectivity index (χ2n) is 7.68. The van der Waals surface area contributed by atoms with Crippen LogP contribution in [0, 0.1) is 5.82 Å². The largest absolute Gasteiger partial charge is 0.379 e. The van der Waals surface area contributed by atoms with Crippen LogP contribution in [-0.2, 0) is 21.2 Å². The van der Waals surface area contributed by atoms with Gasteiger partial charge in [-0.15, -0.1) is 0 Å². The fourth-order valence-electron chi connectivity index (χ4n) is 3.53. The molecule has 1 atom stereocenters. The first-order chi connectivity index (χ1) is 14.2. The number of ether oxygens (including phenoxy) is 1. The van der Waals surface area contributed by atoms with Gasteiger partial charge >= 0.3 is 0 Å². The number of amides is 1. The molecule has 0 spiro atoms. The van der Waals surface area contributed by atoms with Crippen LogP contribution >= 0.6 is 0 Å². The zero-order valence-corrected chi connectivity index (χ0v) is 18.2. The zero-order valence-electron chi connectivity index (χ0n) is 17.4. The number of halogens is 1. The maximum atomic E-state index is 13.2. The maximum absolute atomic E-state index is 13.2. The van der Waals surface area contributed by atoms with E-state index in [0.717, 1.165) is 24.1 Å². The summed E-state index contributed by atoms with van der Waals surface area (Å²) < 4.78 is 46.2. The van der Waals surface area contributed by atoms with Crippen LogP contribution in [0.5, 0.6) is 0 Å². The number of rotatable bonds is 8. The van der Waals surface area contributed by atoms with Crippen LogP contribution in [0.2, 0.25) is 0 Å². The Bertz CT molecular complexity index is 1010. The molecule has 1 aliphatic rings. The molecule has 1 N–H and O–H groups in total. The molecular formula is C22H27FN2O4S. The molecule has 0 radical (unpaired) electrons. The molecule has 2 aromatic rings. The Morgan fingerprint density at radius 1 is 1.23 bits per heavy atom. The Balaban J connectivity index is 1.74. The molecule has 0 bridgehead atoms. The molecule has 162 valence electrons. The SMILES string of the molecule is CC(C)OCCCNC(=O)c1ccc2c(c1)C[C@H](C)N2S(=O)(=O)c1ccc(F)cc1. The van der Waals surface area contributed by atoms with Crippen molar-refractivity contribution in [3.05, 3.63) is 59.4 Å². The van der Waals surface area contributed by atoms with E-state index in [1.807, 2.05) is 20.8 Å². The molecule has 1 amide bonds. The van der Waals surface area contributed by atoms with E-state index in [1.165, 1.54) is 16.4 Å². The summed E-state index contributed by atoms with van der Waals surface area (Å²) in [5, 5.41) is 2.86. The number of nitrogens with zero attached hydrogens (tertiary/aromatic N) is 1. The highest BCUT2D eigenvalue weighted by atomic mass is 32.2. The highest BCUT2D eigenvalue weighted by Crippen LogP contribution is 2.37. The molecule has 0 saturated carbocycles. The molecule has 0 fully saturated rings. The number of carbonyl (C=O) groups is 1. The van der Waals surface area contributed by atoms with Gasteiger partial charge in [-0.1, -0.05) is 0 Å². The van der Waals surface area contributed by atoms with E-state index in [-0.39, 0.29) is 22.9 Å². The van der Waals surface area contributed by atoms with Crippen LogP contribution in [0.3, 0.4) is 0 Å². The lowest BCUT2D eigenvalue weighted by atomic mass is 10.1. The molecule has 0 aliphatic carbocycles. The normalized spacial score (nSPS) is 16.0. The van der Waals surface area contributed by atoms with Gasteiger partial charge in [-0.2, -0.15) is 0 Å². The van der Waals surface area contributed by atoms with E-state index in [4.69, 9.17) is 4.74 Å². The van der Waals surface area contributed by atoms with Crippen molar-refractivity contribution < 1.29 is 22.3 Å². The molecule has 0 unspecified atom stereocenters. The Morgan fingerprint density at radius 3 is 2.60 bits per heavy atom. The van der Waals surface area contributed by atoms with E-state index in [1.54, 1.807) is 18.2 Å². The van der Waals surface area contributed by atoms with Crippen LogP contribution in [0.1, 0.15) is 43.1 Å². The number of anilines is 1. The van der Waals surface area contributed by atoms with Gasteiger partial charge in [0.1, 0.15) is 5.82 Å². The first-order valence-electron chi connectivity index (χ1n) is 10.0. The van der Waals surface area contributed by atoms with E-state index in [0.29, 0.717) is 30.8 Å². The Hall–Kier alpha value is -2.45. The molecule has 1 heterocycles. The Morgan fingerprint density at radius 2 is 1.93 bits per heavy atom. The van der Waals surface area contributed by atoms with Crippen molar-refractivity contribution in [2.75, 3.05) is 17.5 Å². The zero-order chi connectivity index (χ0) is 21.9. The summed E-state index contributed by atoms with van der Waals surface area (Å²) in [5.74, 6) is -0.690. The number of fused-ring (bicyclic) bond motifs is 1. The minimum Gasteiger partial charge on any atom is -0.379 e. The van der Waals surface area contributed by atoms with Crippen molar-refractivity contribution in [2.24, 2.45) is 0 Å². The summed E-state index contributed by atoms with van der Waals surface area (Å²) >= 11 is 0. The molecule has 0 aromatic heterocycles. The third-order valence-corrected chi connectivity index (χ3v) is 6.87. The van der Waals surface area contributed by atoms with Gasteiger partial charge in [-0.05, 0) is 81.6 Å². The summed E-state index contributed by atoms with van der Waals surface area (Å²) in [5.41, 5.74) is 1.84. The lowest BCUT2D eigenvalue weighted by Gasteiger charge is -2.24. The van der Waals surface area contributed by atoms with Gasteiger partial charge in [0.2, 0.25) is 0 Å².